The highest BCUT2D eigenvalue weighted by atomic mass is 16.5. The van der Waals surface area contributed by atoms with E-state index in [1.54, 1.807) is 0 Å². The molecule has 0 spiro atoms. The Balaban J connectivity index is 2.34. The molecule has 28 heavy (non-hydrogen) atoms. The van der Waals surface area contributed by atoms with Crippen LogP contribution in [0.25, 0.3) is 0 Å². The summed E-state index contributed by atoms with van der Waals surface area (Å²) in [4.78, 5) is 11.4. The number of rotatable bonds is 14. The predicted molar refractivity (Wildman–Crippen MR) is 108 cm³/mol. The standard InChI is InChI=1S/C20H41N3O5/c1-3-4-5-6-7-8-9-10-11-12-16(21)23-20-17(22-14(2)25)19(27)18(26)15(13-24)28-20/h15-20,23-24,26-27H,3-13,21H2,1-2H3,(H,22,25)/t15-,16?,17-,18-,19-,20?/m1/s1. The van der Waals surface area contributed by atoms with Crippen LogP contribution in [0.2, 0.25) is 0 Å². The van der Waals surface area contributed by atoms with Crippen molar-refractivity contribution in [3.8, 4) is 0 Å². The van der Waals surface area contributed by atoms with Crippen LogP contribution in [0, 0.1) is 0 Å². The number of ether oxygens (including phenoxy) is 1. The number of aliphatic hydroxyl groups is 3. The number of nitrogens with one attached hydrogen (secondary N) is 2. The second-order valence-electron chi connectivity index (χ2n) is 7.88. The summed E-state index contributed by atoms with van der Waals surface area (Å²) in [7, 11) is 0. The summed E-state index contributed by atoms with van der Waals surface area (Å²) in [6.45, 7) is 3.12. The van der Waals surface area contributed by atoms with Gasteiger partial charge in [-0.05, 0) is 6.42 Å². The zero-order valence-electron chi connectivity index (χ0n) is 17.5. The summed E-state index contributed by atoms with van der Waals surface area (Å²) in [5.41, 5.74) is 6.15. The Labute approximate surface area is 169 Å². The molecule has 7 N–H and O–H groups in total. The van der Waals surface area contributed by atoms with E-state index < -0.39 is 37.2 Å². The Morgan fingerprint density at radius 1 is 1.04 bits per heavy atom. The Hall–Kier alpha value is -0.770. The largest absolute Gasteiger partial charge is 0.394 e. The van der Waals surface area contributed by atoms with Gasteiger partial charge in [0.1, 0.15) is 24.5 Å². The van der Waals surface area contributed by atoms with Gasteiger partial charge in [0.05, 0.1) is 18.8 Å². The second kappa shape index (κ2) is 14.3. The van der Waals surface area contributed by atoms with Gasteiger partial charge in [-0.15, -0.1) is 0 Å². The fraction of sp³-hybridized carbons (Fsp3) is 0.950. The van der Waals surface area contributed by atoms with Crippen LogP contribution in [0.5, 0.6) is 0 Å². The molecule has 6 atom stereocenters. The smallest absolute Gasteiger partial charge is 0.217 e. The van der Waals surface area contributed by atoms with Gasteiger partial charge in [0.2, 0.25) is 5.91 Å². The van der Waals surface area contributed by atoms with Crippen LogP contribution in [-0.4, -0.2) is 64.6 Å². The van der Waals surface area contributed by atoms with Crippen molar-refractivity contribution >= 4 is 5.91 Å². The molecule has 1 aliphatic rings. The highest BCUT2D eigenvalue weighted by Gasteiger charge is 2.44. The molecule has 0 radical (unpaired) electrons. The minimum absolute atomic E-state index is 0.346. The van der Waals surface area contributed by atoms with Gasteiger partial charge >= 0.3 is 0 Å². The van der Waals surface area contributed by atoms with Crippen LogP contribution in [0.4, 0.5) is 0 Å². The Morgan fingerprint density at radius 2 is 1.61 bits per heavy atom. The van der Waals surface area contributed by atoms with Crippen molar-refractivity contribution in [2.75, 3.05) is 6.61 Å². The molecule has 0 aromatic heterocycles. The first-order valence-corrected chi connectivity index (χ1v) is 10.8. The van der Waals surface area contributed by atoms with Gasteiger partial charge in [-0.2, -0.15) is 0 Å². The van der Waals surface area contributed by atoms with Crippen molar-refractivity contribution in [3.05, 3.63) is 0 Å². The zero-order valence-corrected chi connectivity index (χ0v) is 17.5. The Kier molecular flexibility index (Phi) is 12.9. The number of amides is 1. The molecule has 0 aromatic rings. The van der Waals surface area contributed by atoms with E-state index in [1.807, 2.05) is 0 Å². The van der Waals surface area contributed by atoms with Crippen LogP contribution >= 0.6 is 0 Å². The number of aliphatic hydroxyl groups excluding tert-OH is 3. The molecule has 1 rings (SSSR count). The molecule has 1 aliphatic heterocycles. The molecule has 1 amide bonds. The van der Waals surface area contributed by atoms with E-state index in [4.69, 9.17) is 10.5 Å². The van der Waals surface area contributed by atoms with Gasteiger partial charge in [0.25, 0.3) is 0 Å². The van der Waals surface area contributed by atoms with Gasteiger partial charge in [0.15, 0.2) is 0 Å². The molecular weight excluding hydrogens is 362 g/mol. The van der Waals surface area contributed by atoms with Crippen molar-refractivity contribution in [1.29, 1.82) is 0 Å². The summed E-state index contributed by atoms with van der Waals surface area (Å²) >= 11 is 0. The van der Waals surface area contributed by atoms with Crippen molar-refractivity contribution in [2.24, 2.45) is 5.73 Å². The maximum atomic E-state index is 11.4. The van der Waals surface area contributed by atoms with E-state index in [0.717, 1.165) is 19.3 Å². The minimum atomic E-state index is -1.28. The predicted octanol–water partition coefficient (Wildman–Crippen LogP) is 0.725. The number of nitrogens with two attached hydrogens (primary N) is 1. The van der Waals surface area contributed by atoms with Crippen molar-refractivity contribution < 1.29 is 24.9 Å². The summed E-state index contributed by atoms with van der Waals surface area (Å²) in [5.74, 6) is -0.346. The number of unbranched alkanes of at least 4 members (excludes halogenated alkanes) is 8. The maximum Gasteiger partial charge on any atom is 0.217 e. The quantitative estimate of drug-likeness (QED) is 0.186. The molecule has 1 fully saturated rings. The van der Waals surface area contributed by atoms with E-state index in [9.17, 15) is 20.1 Å². The molecule has 0 aromatic carbocycles. The molecule has 0 saturated carbocycles. The molecular formula is C20H41N3O5. The lowest BCUT2D eigenvalue weighted by Crippen LogP contribution is -2.69. The Bertz CT molecular complexity index is 427. The number of hydrogen-bond acceptors (Lipinski definition) is 7. The van der Waals surface area contributed by atoms with Crippen LogP contribution in [-0.2, 0) is 9.53 Å². The van der Waals surface area contributed by atoms with Crippen LogP contribution in [0.3, 0.4) is 0 Å². The summed E-state index contributed by atoms with van der Waals surface area (Å²) in [6, 6.07) is -0.843. The van der Waals surface area contributed by atoms with Gasteiger partial charge in [0, 0.05) is 6.92 Å². The first-order valence-electron chi connectivity index (χ1n) is 10.8. The van der Waals surface area contributed by atoms with Gasteiger partial charge in [-0.3, -0.25) is 10.1 Å². The molecule has 166 valence electrons. The molecule has 8 heteroatoms. The average molecular weight is 404 g/mol. The maximum absolute atomic E-state index is 11.4. The van der Waals surface area contributed by atoms with E-state index in [1.165, 1.54) is 51.9 Å². The third-order valence-electron chi connectivity index (χ3n) is 5.29. The number of carbonyl (C=O) groups excluding carboxylic acids is 1. The van der Waals surface area contributed by atoms with E-state index in [2.05, 4.69) is 17.6 Å². The molecule has 0 bridgehead atoms. The molecule has 0 aliphatic carbocycles. The minimum Gasteiger partial charge on any atom is -0.394 e. The van der Waals surface area contributed by atoms with Crippen molar-refractivity contribution in [1.82, 2.24) is 10.6 Å². The van der Waals surface area contributed by atoms with E-state index in [-0.39, 0.29) is 12.1 Å². The zero-order chi connectivity index (χ0) is 20.9. The van der Waals surface area contributed by atoms with E-state index in [0.29, 0.717) is 0 Å². The first kappa shape index (κ1) is 25.3. The van der Waals surface area contributed by atoms with Crippen LogP contribution in [0.1, 0.15) is 78.1 Å². The highest BCUT2D eigenvalue weighted by Crippen LogP contribution is 2.20. The molecule has 1 heterocycles. The highest BCUT2D eigenvalue weighted by molar-refractivity contribution is 5.73. The summed E-state index contributed by atoms with van der Waals surface area (Å²) in [5, 5.41) is 35.3. The second-order valence-corrected chi connectivity index (χ2v) is 7.88. The topological polar surface area (TPSA) is 137 Å². The van der Waals surface area contributed by atoms with Crippen molar-refractivity contribution in [2.45, 2.75) is 115 Å². The molecule has 1 saturated heterocycles. The number of carbonyl (C=O) groups is 1. The van der Waals surface area contributed by atoms with Crippen molar-refractivity contribution in [3.63, 3.8) is 0 Å². The average Bonchev–Trinajstić information content (AvgIpc) is 2.66. The lowest BCUT2D eigenvalue weighted by atomic mass is 9.95. The summed E-state index contributed by atoms with van der Waals surface area (Å²) < 4.78 is 5.63. The molecule has 8 nitrogen and oxygen atoms in total. The lowest BCUT2D eigenvalue weighted by molar-refractivity contribution is -0.204. The fourth-order valence-electron chi connectivity index (χ4n) is 3.62. The monoisotopic (exact) mass is 403 g/mol. The normalized spacial score (nSPS) is 28.9. The number of hydrogen-bond donors (Lipinski definition) is 6. The third kappa shape index (κ3) is 9.15. The first-order chi connectivity index (χ1) is 13.4. The third-order valence-corrected chi connectivity index (χ3v) is 5.29. The van der Waals surface area contributed by atoms with E-state index >= 15 is 0 Å². The molecule has 2 unspecified atom stereocenters. The van der Waals surface area contributed by atoms with Crippen LogP contribution in [0.15, 0.2) is 0 Å². The lowest BCUT2D eigenvalue weighted by Gasteiger charge is -2.43. The Morgan fingerprint density at radius 3 is 2.14 bits per heavy atom. The SMILES string of the molecule is CCCCCCCCCCCC(N)NC1O[C@H](CO)[C@@H](O)[C@H](O)[C@H]1NC(C)=O. The van der Waals surface area contributed by atoms with Gasteiger partial charge < -0.3 is 31.1 Å². The van der Waals surface area contributed by atoms with Crippen LogP contribution < -0.4 is 16.4 Å². The fourth-order valence-corrected chi connectivity index (χ4v) is 3.62. The van der Waals surface area contributed by atoms with Gasteiger partial charge in [-0.1, -0.05) is 64.7 Å². The summed E-state index contributed by atoms with van der Waals surface area (Å²) in [6.07, 6.45) is 7.20. The van der Waals surface area contributed by atoms with Gasteiger partial charge in [-0.25, -0.2) is 0 Å².